The Morgan fingerprint density at radius 3 is 2.68 bits per heavy atom. The third-order valence-corrected chi connectivity index (χ3v) is 3.10. The number of ether oxygens (including phenoxy) is 2. The maximum atomic E-state index is 12.3. The second kappa shape index (κ2) is 6.42. The van der Waals surface area contributed by atoms with Crippen molar-refractivity contribution in [2.75, 3.05) is 0 Å². The van der Waals surface area contributed by atoms with Crippen LogP contribution in [-0.4, -0.2) is 27.1 Å². The lowest BCUT2D eigenvalue weighted by molar-refractivity contribution is -0.132. The quantitative estimate of drug-likeness (QED) is 0.724. The first-order chi connectivity index (χ1) is 11.8. The molecule has 130 valence electrons. The van der Waals surface area contributed by atoms with E-state index in [0.29, 0.717) is 16.8 Å². The van der Waals surface area contributed by atoms with E-state index in [0.717, 1.165) is 6.20 Å². The molecular formula is C16H12F3N3O3. The first kappa shape index (κ1) is 16.7. The number of carbonyl (C=O) groups is 1. The minimum atomic E-state index is -4.28. The van der Waals surface area contributed by atoms with Crippen LogP contribution in [0.15, 0.2) is 36.5 Å². The van der Waals surface area contributed by atoms with Gasteiger partial charge in [0.25, 0.3) is 0 Å². The summed E-state index contributed by atoms with van der Waals surface area (Å²) < 4.78 is 47.3. The van der Waals surface area contributed by atoms with Gasteiger partial charge in [-0.2, -0.15) is 18.2 Å². The fraction of sp³-hybridized carbons (Fsp3) is 0.188. The summed E-state index contributed by atoms with van der Waals surface area (Å²) >= 11 is 0. The van der Waals surface area contributed by atoms with Gasteiger partial charge in [-0.25, -0.2) is 4.98 Å². The fourth-order valence-electron chi connectivity index (χ4n) is 2.14. The van der Waals surface area contributed by atoms with E-state index in [2.05, 4.69) is 15.0 Å². The monoisotopic (exact) mass is 351 g/mol. The van der Waals surface area contributed by atoms with Gasteiger partial charge in [-0.3, -0.25) is 4.79 Å². The number of nitrogens with zero attached hydrogens (tertiary/aromatic N) is 2. The molecule has 6 nitrogen and oxygen atoms in total. The molecule has 3 rings (SSSR count). The number of halogens is 3. The number of imidazole rings is 1. The van der Waals surface area contributed by atoms with Gasteiger partial charge in [-0.05, 0) is 17.7 Å². The highest BCUT2D eigenvalue weighted by Crippen LogP contribution is 2.26. The molecule has 1 N–H and O–H groups in total. The van der Waals surface area contributed by atoms with E-state index in [9.17, 15) is 18.0 Å². The molecule has 0 bridgehead atoms. The molecule has 2 aromatic heterocycles. The zero-order valence-electron chi connectivity index (χ0n) is 12.9. The minimum Gasteiger partial charge on any atom is -0.439 e. The second-order valence-corrected chi connectivity index (χ2v) is 5.21. The second-order valence-electron chi connectivity index (χ2n) is 5.21. The Labute approximate surface area is 139 Å². The molecule has 0 atom stereocenters. The summed E-state index contributed by atoms with van der Waals surface area (Å²) in [6.45, 7) is 1.26. The van der Waals surface area contributed by atoms with Crippen LogP contribution in [-0.2, 0) is 11.2 Å². The molecule has 0 aliphatic heterocycles. The van der Waals surface area contributed by atoms with Crippen molar-refractivity contribution in [1.82, 2.24) is 15.0 Å². The molecule has 3 aromatic rings. The Bertz CT molecular complexity index is 904. The van der Waals surface area contributed by atoms with Gasteiger partial charge in [0, 0.05) is 25.3 Å². The Balaban J connectivity index is 1.75. The molecule has 1 aromatic carbocycles. The Morgan fingerprint density at radius 2 is 2.04 bits per heavy atom. The lowest BCUT2D eigenvalue weighted by atomic mass is 10.2. The van der Waals surface area contributed by atoms with Gasteiger partial charge < -0.3 is 14.5 Å². The standard InChI is InChI=1S/C16H12F3N3O3/c1-9(23)24-15-21-12-4-3-11(6-13(12)22-15)25-14-5-2-10(8-20-14)7-16(17,18)19/h2-6,8H,7H2,1H3,(H,21,22). The fourth-order valence-corrected chi connectivity index (χ4v) is 2.14. The van der Waals surface area contributed by atoms with E-state index in [1.165, 1.54) is 19.1 Å². The number of H-pyrrole nitrogens is 1. The van der Waals surface area contributed by atoms with Crippen molar-refractivity contribution in [2.24, 2.45) is 0 Å². The lowest BCUT2D eigenvalue weighted by Gasteiger charge is -2.07. The maximum Gasteiger partial charge on any atom is 0.393 e. The summed E-state index contributed by atoms with van der Waals surface area (Å²) in [7, 11) is 0. The van der Waals surface area contributed by atoms with Crippen LogP contribution in [0.5, 0.6) is 17.6 Å². The summed E-state index contributed by atoms with van der Waals surface area (Å²) in [5, 5.41) is 0. The van der Waals surface area contributed by atoms with Crippen LogP contribution in [0, 0.1) is 0 Å². The zero-order valence-corrected chi connectivity index (χ0v) is 12.9. The van der Waals surface area contributed by atoms with Crippen LogP contribution in [0.25, 0.3) is 11.0 Å². The van der Waals surface area contributed by atoms with Gasteiger partial charge in [0.05, 0.1) is 17.5 Å². The minimum absolute atomic E-state index is 0.0508. The van der Waals surface area contributed by atoms with Crippen molar-refractivity contribution >= 4 is 17.0 Å². The molecule has 0 radical (unpaired) electrons. The molecule has 25 heavy (non-hydrogen) atoms. The molecule has 0 spiro atoms. The number of aromatic nitrogens is 3. The smallest absolute Gasteiger partial charge is 0.393 e. The van der Waals surface area contributed by atoms with Crippen LogP contribution in [0.2, 0.25) is 0 Å². The van der Waals surface area contributed by atoms with Gasteiger partial charge in [0.15, 0.2) is 0 Å². The molecule has 2 heterocycles. The Kier molecular flexibility index (Phi) is 4.30. The van der Waals surface area contributed by atoms with Crippen LogP contribution in [0.1, 0.15) is 12.5 Å². The molecular weight excluding hydrogens is 339 g/mol. The number of hydrogen-bond acceptors (Lipinski definition) is 5. The topological polar surface area (TPSA) is 77.1 Å². The van der Waals surface area contributed by atoms with E-state index < -0.39 is 18.6 Å². The normalized spacial score (nSPS) is 11.5. The highest BCUT2D eigenvalue weighted by molar-refractivity contribution is 5.78. The number of aromatic amines is 1. The van der Waals surface area contributed by atoms with Crippen molar-refractivity contribution in [1.29, 1.82) is 0 Å². The first-order valence-electron chi connectivity index (χ1n) is 7.16. The van der Waals surface area contributed by atoms with Crippen LogP contribution >= 0.6 is 0 Å². The lowest BCUT2D eigenvalue weighted by Crippen LogP contribution is -2.11. The number of fused-ring (bicyclic) bond motifs is 1. The van der Waals surface area contributed by atoms with Crippen molar-refractivity contribution in [3.8, 4) is 17.6 Å². The molecule has 9 heteroatoms. The molecule has 0 amide bonds. The van der Waals surface area contributed by atoms with Gasteiger partial charge >= 0.3 is 18.2 Å². The highest BCUT2D eigenvalue weighted by Gasteiger charge is 2.27. The number of pyridine rings is 1. The Hall–Kier alpha value is -3.10. The predicted molar refractivity (Wildman–Crippen MR) is 81.5 cm³/mol. The molecule has 0 unspecified atom stereocenters. The van der Waals surface area contributed by atoms with Gasteiger partial charge in [-0.1, -0.05) is 6.07 Å². The molecule has 0 aliphatic rings. The van der Waals surface area contributed by atoms with E-state index in [1.54, 1.807) is 18.2 Å². The highest BCUT2D eigenvalue weighted by atomic mass is 19.4. The van der Waals surface area contributed by atoms with Crippen molar-refractivity contribution < 1.29 is 27.4 Å². The maximum absolute atomic E-state index is 12.3. The van der Waals surface area contributed by atoms with E-state index in [4.69, 9.17) is 9.47 Å². The van der Waals surface area contributed by atoms with Crippen LogP contribution in [0.4, 0.5) is 13.2 Å². The van der Waals surface area contributed by atoms with Gasteiger partial charge in [-0.15, -0.1) is 0 Å². The molecule has 0 fully saturated rings. The SMILES string of the molecule is CC(=O)Oc1nc2ccc(Oc3ccc(CC(F)(F)F)cn3)cc2[nH]1. The van der Waals surface area contributed by atoms with E-state index in [-0.39, 0.29) is 17.5 Å². The third-order valence-electron chi connectivity index (χ3n) is 3.10. The van der Waals surface area contributed by atoms with Gasteiger partial charge in [0.1, 0.15) is 5.75 Å². The summed E-state index contributed by atoms with van der Waals surface area (Å²) in [6, 6.07) is 7.61. The summed E-state index contributed by atoms with van der Waals surface area (Å²) in [5.41, 5.74) is 1.19. The number of benzene rings is 1. The largest absolute Gasteiger partial charge is 0.439 e. The predicted octanol–water partition coefficient (Wildman–Crippen LogP) is 3.78. The van der Waals surface area contributed by atoms with Crippen molar-refractivity contribution in [3.05, 3.63) is 42.1 Å². The number of nitrogens with one attached hydrogen (secondary N) is 1. The number of esters is 1. The van der Waals surface area contributed by atoms with Crippen LogP contribution in [0.3, 0.4) is 0 Å². The van der Waals surface area contributed by atoms with Crippen molar-refractivity contribution in [3.63, 3.8) is 0 Å². The summed E-state index contributed by atoms with van der Waals surface area (Å²) in [6.07, 6.45) is -4.20. The number of rotatable bonds is 4. The summed E-state index contributed by atoms with van der Waals surface area (Å²) in [4.78, 5) is 21.7. The number of alkyl halides is 3. The molecule has 0 saturated heterocycles. The number of hydrogen-bond donors (Lipinski definition) is 1. The third kappa shape index (κ3) is 4.46. The molecule has 0 saturated carbocycles. The van der Waals surface area contributed by atoms with Crippen LogP contribution < -0.4 is 9.47 Å². The van der Waals surface area contributed by atoms with E-state index >= 15 is 0 Å². The molecule has 0 aliphatic carbocycles. The van der Waals surface area contributed by atoms with Gasteiger partial charge in [0.2, 0.25) is 5.88 Å². The summed E-state index contributed by atoms with van der Waals surface area (Å²) in [5.74, 6) is 0.0604. The average molecular weight is 351 g/mol. The first-order valence-corrected chi connectivity index (χ1v) is 7.16. The Morgan fingerprint density at radius 1 is 1.24 bits per heavy atom. The average Bonchev–Trinajstić information content (AvgIpc) is 2.88. The van der Waals surface area contributed by atoms with E-state index in [1.807, 2.05) is 0 Å². The number of carbonyl (C=O) groups excluding carboxylic acids is 1. The zero-order chi connectivity index (χ0) is 18.0. The van der Waals surface area contributed by atoms with Crippen molar-refractivity contribution in [2.45, 2.75) is 19.5 Å².